The standard InChI is InChI=1S/C23H26ClN3O3S2/c1-16-3-8-19(29-2)21-22(16)32-23(25-21)27(10-9-26-11-13-30-14-12-26)20(28)15-31-18-6-4-17(24)5-7-18/h3-8H,9-15H2,1-2H3. The summed E-state index contributed by atoms with van der Waals surface area (Å²) in [5, 5.41) is 1.40. The molecule has 1 saturated heterocycles. The van der Waals surface area contributed by atoms with Gasteiger partial charge >= 0.3 is 0 Å². The molecule has 0 radical (unpaired) electrons. The molecule has 0 N–H and O–H groups in total. The van der Waals surface area contributed by atoms with Crippen LogP contribution < -0.4 is 9.64 Å². The molecule has 2 aromatic carbocycles. The number of carbonyl (C=O) groups excluding carboxylic acids is 1. The number of hydrogen-bond acceptors (Lipinski definition) is 7. The Bertz CT molecular complexity index is 1070. The topological polar surface area (TPSA) is 54.9 Å². The maximum absolute atomic E-state index is 13.3. The van der Waals surface area contributed by atoms with Crippen LogP contribution in [0.15, 0.2) is 41.3 Å². The Morgan fingerprint density at radius 2 is 2.00 bits per heavy atom. The molecule has 1 aromatic heterocycles. The molecular formula is C23H26ClN3O3S2. The fraction of sp³-hybridized carbons (Fsp3) is 0.391. The number of amides is 1. The molecule has 0 unspecified atom stereocenters. The first-order valence-corrected chi connectivity index (χ1v) is 12.7. The van der Waals surface area contributed by atoms with E-state index in [0.29, 0.717) is 22.5 Å². The molecule has 4 rings (SSSR count). The predicted molar refractivity (Wildman–Crippen MR) is 133 cm³/mol. The summed E-state index contributed by atoms with van der Waals surface area (Å²) in [4.78, 5) is 23.3. The van der Waals surface area contributed by atoms with Crippen molar-refractivity contribution in [2.45, 2.75) is 11.8 Å². The predicted octanol–water partition coefficient (Wildman–Crippen LogP) is 4.72. The van der Waals surface area contributed by atoms with E-state index in [1.165, 1.54) is 11.8 Å². The lowest BCUT2D eigenvalue weighted by molar-refractivity contribution is -0.116. The summed E-state index contributed by atoms with van der Waals surface area (Å²) in [6.07, 6.45) is 0. The molecule has 0 bridgehead atoms. The van der Waals surface area contributed by atoms with Crippen molar-refractivity contribution in [3.63, 3.8) is 0 Å². The minimum atomic E-state index is 0.0360. The quantitative estimate of drug-likeness (QED) is 0.425. The molecule has 32 heavy (non-hydrogen) atoms. The Kier molecular flexibility index (Phi) is 7.91. The minimum absolute atomic E-state index is 0.0360. The Morgan fingerprint density at radius 3 is 2.72 bits per heavy atom. The van der Waals surface area contributed by atoms with Crippen molar-refractivity contribution in [1.29, 1.82) is 0 Å². The second kappa shape index (κ2) is 10.9. The van der Waals surface area contributed by atoms with E-state index in [-0.39, 0.29) is 5.91 Å². The first kappa shape index (κ1) is 23.3. The van der Waals surface area contributed by atoms with Crippen molar-refractivity contribution in [2.75, 3.05) is 57.2 Å². The van der Waals surface area contributed by atoms with Gasteiger partial charge in [0.15, 0.2) is 5.13 Å². The van der Waals surface area contributed by atoms with Gasteiger partial charge in [-0.25, -0.2) is 4.98 Å². The number of morpholine rings is 1. The van der Waals surface area contributed by atoms with Crippen molar-refractivity contribution < 1.29 is 14.3 Å². The number of aromatic nitrogens is 1. The third kappa shape index (κ3) is 5.55. The lowest BCUT2D eigenvalue weighted by atomic mass is 10.2. The Labute approximate surface area is 201 Å². The number of benzene rings is 2. The van der Waals surface area contributed by atoms with Gasteiger partial charge < -0.3 is 9.47 Å². The summed E-state index contributed by atoms with van der Waals surface area (Å²) in [5.74, 6) is 1.09. The second-order valence-electron chi connectivity index (χ2n) is 7.50. The highest BCUT2D eigenvalue weighted by Gasteiger charge is 2.23. The first-order valence-electron chi connectivity index (χ1n) is 10.5. The molecule has 1 aliphatic rings. The van der Waals surface area contributed by atoms with E-state index in [0.717, 1.165) is 59.3 Å². The lowest BCUT2D eigenvalue weighted by Crippen LogP contribution is -2.43. The highest BCUT2D eigenvalue weighted by molar-refractivity contribution is 8.00. The molecule has 0 saturated carbocycles. The van der Waals surface area contributed by atoms with E-state index in [9.17, 15) is 4.79 Å². The highest BCUT2D eigenvalue weighted by Crippen LogP contribution is 2.36. The molecule has 1 fully saturated rings. The van der Waals surface area contributed by atoms with E-state index in [4.69, 9.17) is 26.1 Å². The molecule has 2 heterocycles. The van der Waals surface area contributed by atoms with Crippen LogP contribution in [0.4, 0.5) is 5.13 Å². The molecule has 9 heteroatoms. The zero-order valence-electron chi connectivity index (χ0n) is 18.2. The van der Waals surface area contributed by atoms with Crippen LogP contribution >= 0.6 is 34.7 Å². The third-order valence-corrected chi connectivity index (χ3v) is 7.83. The van der Waals surface area contributed by atoms with E-state index in [1.807, 2.05) is 41.3 Å². The van der Waals surface area contributed by atoms with Gasteiger partial charge in [0.05, 0.1) is 30.8 Å². The number of aryl methyl sites for hydroxylation is 1. The molecule has 0 aliphatic carbocycles. The fourth-order valence-electron chi connectivity index (χ4n) is 3.53. The number of halogens is 1. The summed E-state index contributed by atoms with van der Waals surface area (Å²) < 4.78 is 12.0. The van der Waals surface area contributed by atoms with Crippen LogP contribution in [0.3, 0.4) is 0 Å². The molecule has 1 aliphatic heterocycles. The summed E-state index contributed by atoms with van der Waals surface area (Å²) in [6, 6.07) is 11.5. The van der Waals surface area contributed by atoms with Crippen LogP contribution in [0, 0.1) is 6.92 Å². The van der Waals surface area contributed by atoms with Gasteiger partial charge in [0, 0.05) is 36.1 Å². The van der Waals surface area contributed by atoms with Crippen molar-refractivity contribution >= 4 is 56.0 Å². The van der Waals surface area contributed by atoms with Gasteiger partial charge in [0.1, 0.15) is 11.3 Å². The number of fused-ring (bicyclic) bond motifs is 1. The van der Waals surface area contributed by atoms with E-state index in [2.05, 4.69) is 11.8 Å². The van der Waals surface area contributed by atoms with E-state index >= 15 is 0 Å². The van der Waals surface area contributed by atoms with Crippen LogP contribution in [0.1, 0.15) is 5.56 Å². The molecule has 170 valence electrons. The minimum Gasteiger partial charge on any atom is -0.494 e. The number of hydrogen-bond donors (Lipinski definition) is 0. The van der Waals surface area contributed by atoms with Gasteiger partial charge in [-0.15, -0.1) is 11.8 Å². The second-order valence-corrected chi connectivity index (χ2v) is 9.96. The number of thioether (sulfide) groups is 1. The first-order chi connectivity index (χ1) is 15.5. The van der Waals surface area contributed by atoms with Gasteiger partial charge in [-0.05, 0) is 42.8 Å². The van der Waals surface area contributed by atoms with Crippen molar-refractivity contribution in [3.05, 3.63) is 47.0 Å². The normalized spacial score (nSPS) is 14.6. The Hall–Kier alpha value is -1.84. The zero-order valence-corrected chi connectivity index (χ0v) is 20.6. The maximum Gasteiger partial charge on any atom is 0.239 e. The number of anilines is 1. The fourth-order valence-corrected chi connectivity index (χ4v) is 5.52. The van der Waals surface area contributed by atoms with Crippen molar-refractivity contribution in [1.82, 2.24) is 9.88 Å². The number of thiazole rings is 1. The van der Waals surface area contributed by atoms with Crippen LogP contribution in [0.5, 0.6) is 5.75 Å². The summed E-state index contributed by atoms with van der Waals surface area (Å²) in [5.41, 5.74) is 1.93. The molecule has 6 nitrogen and oxygen atoms in total. The molecule has 1 amide bonds. The largest absolute Gasteiger partial charge is 0.494 e. The zero-order chi connectivity index (χ0) is 22.5. The maximum atomic E-state index is 13.3. The Balaban J connectivity index is 1.56. The summed E-state index contributed by atoms with van der Waals surface area (Å²) >= 11 is 9.03. The van der Waals surface area contributed by atoms with Gasteiger partial charge in [0.2, 0.25) is 5.91 Å². The van der Waals surface area contributed by atoms with Crippen LogP contribution in [-0.2, 0) is 9.53 Å². The summed E-state index contributed by atoms with van der Waals surface area (Å²) in [6.45, 7) is 6.66. The van der Waals surface area contributed by atoms with Crippen LogP contribution in [0.25, 0.3) is 10.2 Å². The number of ether oxygens (including phenoxy) is 2. The highest BCUT2D eigenvalue weighted by atomic mass is 35.5. The number of methoxy groups -OCH3 is 1. The molecule has 3 aromatic rings. The molecule has 0 atom stereocenters. The van der Waals surface area contributed by atoms with Gasteiger partial charge in [-0.3, -0.25) is 14.6 Å². The van der Waals surface area contributed by atoms with Gasteiger partial charge in [0.25, 0.3) is 0 Å². The van der Waals surface area contributed by atoms with Crippen LogP contribution in [-0.4, -0.2) is 68.0 Å². The van der Waals surface area contributed by atoms with Gasteiger partial charge in [-0.2, -0.15) is 0 Å². The summed E-state index contributed by atoms with van der Waals surface area (Å²) in [7, 11) is 1.65. The van der Waals surface area contributed by atoms with E-state index in [1.54, 1.807) is 18.4 Å². The van der Waals surface area contributed by atoms with Crippen molar-refractivity contribution in [3.8, 4) is 5.75 Å². The number of rotatable bonds is 8. The number of nitrogens with zero attached hydrogens (tertiary/aromatic N) is 3. The molecule has 0 spiro atoms. The Morgan fingerprint density at radius 1 is 1.25 bits per heavy atom. The monoisotopic (exact) mass is 491 g/mol. The lowest BCUT2D eigenvalue weighted by Gasteiger charge is -2.29. The van der Waals surface area contributed by atoms with E-state index < -0.39 is 0 Å². The average molecular weight is 492 g/mol. The SMILES string of the molecule is COc1ccc(C)c2sc(N(CCN3CCOCC3)C(=O)CSc3ccc(Cl)cc3)nc12. The van der Waals surface area contributed by atoms with Gasteiger partial charge in [-0.1, -0.05) is 29.0 Å². The molecular weight excluding hydrogens is 466 g/mol. The van der Waals surface area contributed by atoms with Crippen LogP contribution in [0.2, 0.25) is 5.02 Å². The van der Waals surface area contributed by atoms with Crippen molar-refractivity contribution in [2.24, 2.45) is 0 Å². The average Bonchev–Trinajstić information content (AvgIpc) is 3.26. The third-order valence-electron chi connectivity index (χ3n) is 5.36. The smallest absolute Gasteiger partial charge is 0.239 e. The number of carbonyl (C=O) groups is 1.